The molecule has 138 valence electrons. The van der Waals surface area contributed by atoms with Crippen molar-refractivity contribution in [2.24, 2.45) is 11.8 Å². The number of aliphatic hydroxyl groups excluding tert-OH is 1. The van der Waals surface area contributed by atoms with Crippen molar-refractivity contribution in [2.75, 3.05) is 7.11 Å². The molecule has 0 saturated heterocycles. The molecule has 0 amide bonds. The van der Waals surface area contributed by atoms with Crippen LogP contribution in [0.3, 0.4) is 0 Å². The molecule has 0 unspecified atom stereocenters. The molecule has 1 aromatic rings. The number of rotatable bonds is 8. The molecule has 1 aliphatic carbocycles. The minimum absolute atomic E-state index is 0.291. The molecular weight excluding hydrogens is 316 g/mol. The molecule has 3 atom stereocenters. The lowest BCUT2D eigenvalue weighted by Crippen LogP contribution is -2.42. The number of benzene rings is 1. The van der Waals surface area contributed by atoms with Crippen molar-refractivity contribution in [2.45, 2.75) is 57.8 Å². The van der Waals surface area contributed by atoms with Crippen molar-refractivity contribution >= 4 is 5.97 Å². The van der Waals surface area contributed by atoms with Gasteiger partial charge in [0.1, 0.15) is 0 Å². The molecule has 1 aromatic carbocycles. The fourth-order valence-corrected chi connectivity index (χ4v) is 3.55. The van der Waals surface area contributed by atoms with E-state index in [1.807, 2.05) is 37.3 Å². The van der Waals surface area contributed by atoms with Crippen LogP contribution in [0.2, 0.25) is 0 Å². The summed E-state index contributed by atoms with van der Waals surface area (Å²) in [6.45, 7) is 6.07. The Morgan fingerprint density at radius 1 is 1.24 bits per heavy atom. The van der Waals surface area contributed by atoms with E-state index in [2.05, 4.69) is 6.58 Å². The highest BCUT2D eigenvalue weighted by molar-refractivity contribution is 5.88. The molecule has 1 saturated carbocycles. The molecule has 0 aliphatic heterocycles. The predicted molar refractivity (Wildman–Crippen MR) is 97.9 cm³/mol. The summed E-state index contributed by atoms with van der Waals surface area (Å²) >= 11 is 0. The second kappa shape index (κ2) is 9.73. The van der Waals surface area contributed by atoms with Gasteiger partial charge in [-0.3, -0.25) is 0 Å². The molecule has 1 aliphatic rings. The van der Waals surface area contributed by atoms with E-state index < -0.39 is 18.0 Å². The second-order valence-corrected chi connectivity index (χ2v) is 6.96. The number of esters is 1. The highest BCUT2D eigenvalue weighted by Crippen LogP contribution is 2.33. The van der Waals surface area contributed by atoms with E-state index in [0.717, 1.165) is 31.2 Å². The van der Waals surface area contributed by atoms with Gasteiger partial charge < -0.3 is 14.6 Å². The first-order valence-electron chi connectivity index (χ1n) is 9.15. The minimum Gasteiger partial charge on any atom is -0.466 e. The summed E-state index contributed by atoms with van der Waals surface area (Å²) in [6.07, 6.45) is 4.57. The van der Waals surface area contributed by atoms with Gasteiger partial charge in [0.25, 0.3) is 0 Å². The van der Waals surface area contributed by atoms with Crippen molar-refractivity contribution in [1.82, 2.24) is 0 Å². The highest BCUT2D eigenvalue weighted by Gasteiger charge is 2.35. The lowest BCUT2D eigenvalue weighted by molar-refractivity contribution is -0.138. The molecule has 4 nitrogen and oxygen atoms in total. The van der Waals surface area contributed by atoms with Gasteiger partial charge in [-0.1, -0.05) is 63.1 Å². The zero-order chi connectivity index (χ0) is 18.2. The normalized spacial score (nSPS) is 19.0. The number of hydrogen-bond acceptors (Lipinski definition) is 4. The fraction of sp³-hybridized carbons (Fsp3) is 0.571. The summed E-state index contributed by atoms with van der Waals surface area (Å²) in [5, 5.41) is 10.9. The van der Waals surface area contributed by atoms with Gasteiger partial charge in [-0.2, -0.15) is 0 Å². The zero-order valence-corrected chi connectivity index (χ0v) is 15.3. The first-order chi connectivity index (χ1) is 12.0. The highest BCUT2D eigenvalue weighted by atomic mass is 16.5. The Bertz CT molecular complexity index is 548. The maximum atomic E-state index is 11.8. The number of aliphatic hydroxyl groups is 1. The summed E-state index contributed by atoms with van der Waals surface area (Å²) < 4.78 is 10.9. The summed E-state index contributed by atoms with van der Waals surface area (Å²) in [6, 6.07) is 9.96. The Morgan fingerprint density at radius 2 is 1.88 bits per heavy atom. The van der Waals surface area contributed by atoms with Crippen molar-refractivity contribution in [3.63, 3.8) is 0 Å². The van der Waals surface area contributed by atoms with Crippen molar-refractivity contribution in [3.8, 4) is 0 Å². The minimum atomic E-state index is -0.779. The number of hydrogen-bond donors (Lipinski definition) is 1. The first-order valence-corrected chi connectivity index (χ1v) is 9.15. The second-order valence-electron chi connectivity index (χ2n) is 6.96. The monoisotopic (exact) mass is 346 g/mol. The molecule has 0 heterocycles. The van der Waals surface area contributed by atoms with Gasteiger partial charge in [0, 0.05) is 11.5 Å². The Labute approximate surface area is 150 Å². The quantitative estimate of drug-likeness (QED) is 0.573. The van der Waals surface area contributed by atoms with Crippen LogP contribution in [0.4, 0.5) is 0 Å². The fourth-order valence-electron chi connectivity index (χ4n) is 3.55. The number of carbonyl (C=O) groups excluding carboxylic acids is 1. The third kappa shape index (κ3) is 5.41. The van der Waals surface area contributed by atoms with Gasteiger partial charge in [0.05, 0.1) is 25.9 Å². The van der Waals surface area contributed by atoms with E-state index in [-0.39, 0.29) is 6.10 Å². The van der Waals surface area contributed by atoms with Gasteiger partial charge in [-0.05, 0) is 24.3 Å². The number of carbonyl (C=O) groups is 1. The Kier molecular flexibility index (Phi) is 7.66. The molecule has 0 aromatic heterocycles. The largest absolute Gasteiger partial charge is 0.466 e. The first kappa shape index (κ1) is 19.7. The maximum Gasteiger partial charge on any atom is 0.333 e. The molecule has 1 fully saturated rings. The van der Waals surface area contributed by atoms with Crippen LogP contribution in [-0.4, -0.2) is 30.4 Å². The maximum absolute atomic E-state index is 11.8. The molecule has 25 heavy (non-hydrogen) atoms. The topological polar surface area (TPSA) is 55.8 Å². The van der Waals surface area contributed by atoms with Crippen LogP contribution < -0.4 is 0 Å². The Hall–Kier alpha value is -1.65. The average Bonchev–Trinajstić information content (AvgIpc) is 2.67. The van der Waals surface area contributed by atoms with E-state index in [4.69, 9.17) is 9.47 Å². The van der Waals surface area contributed by atoms with Gasteiger partial charge in [0.2, 0.25) is 0 Å². The van der Waals surface area contributed by atoms with Crippen LogP contribution >= 0.6 is 0 Å². The lowest BCUT2D eigenvalue weighted by atomic mass is 9.79. The van der Waals surface area contributed by atoms with Gasteiger partial charge >= 0.3 is 5.97 Å². The SMILES string of the molecule is C=C(C(=O)OC)[C@@H](C)[C@H](O)[C@H](OCc1ccccc1)C1CCCCC1. The van der Waals surface area contributed by atoms with Crippen LogP contribution in [0.1, 0.15) is 44.6 Å². The zero-order valence-electron chi connectivity index (χ0n) is 15.3. The van der Waals surface area contributed by atoms with Crippen LogP contribution in [0.25, 0.3) is 0 Å². The van der Waals surface area contributed by atoms with Crippen molar-refractivity contribution < 1.29 is 19.4 Å². The van der Waals surface area contributed by atoms with Crippen LogP contribution in [0, 0.1) is 11.8 Å². The van der Waals surface area contributed by atoms with Crippen LogP contribution in [0.5, 0.6) is 0 Å². The van der Waals surface area contributed by atoms with E-state index in [9.17, 15) is 9.90 Å². The van der Waals surface area contributed by atoms with E-state index in [1.165, 1.54) is 13.5 Å². The van der Waals surface area contributed by atoms with Crippen LogP contribution in [-0.2, 0) is 20.9 Å². The smallest absolute Gasteiger partial charge is 0.333 e. The Morgan fingerprint density at radius 3 is 2.48 bits per heavy atom. The third-order valence-corrected chi connectivity index (χ3v) is 5.25. The standard InChI is InChI=1S/C21H30O4/c1-15(16(2)21(23)24-3)19(22)20(18-12-8-5-9-13-18)25-14-17-10-6-4-7-11-17/h4,6-7,10-11,15,18-20,22H,2,5,8-9,12-14H2,1,3H3/t15-,19+,20-/m1/s1. The summed E-state index contributed by atoms with van der Waals surface area (Å²) in [7, 11) is 1.33. The van der Waals surface area contributed by atoms with E-state index >= 15 is 0 Å². The lowest BCUT2D eigenvalue weighted by Gasteiger charge is -2.36. The number of methoxy groups -OCH3 is 1. The third-order valence-electron chi connectivity index (χ3n) is 5.25. The van der Waals surface area contributed by atoms with Gasteiger partial charge in [-0.25, -0.2) is 4.79 Å². The summed E-state index contributed by atoms with van der Waals surface area (Å²) in [4.78, 5) is 11.8. The molecule has 0 radical (unpaired) electrons. The van der Waals surface area contributed by atoms with Crippen LogP contribution in [0.15, 0.2) is 42.5 Å². The molecule has 1 N–H and O–H groups in total. The summed E-state index contributed by atoms with van der Waals surface area (Å²) in [5.74, 6) is -0.576. The molecular formula is C21H30O4. The van der Waals surface area contributed by atoms with Crippen molar-refractivity contribution in [3.05, 3.63) is 48.0 Å². The van der Waals surface area contributed by atoms with Gasteiger partial charge in [0.15, 0.2) is 0 Å². The predicted octanol–water partition coefficient (Wildman–Crippen LogP) is 3.88. The Balaban J connectivity index is 2.09. The van der Waals surface area contributed by atoms with E-state index in [1.54, 1.807) is 0 Å². The molecule has 0 spiro atoms. The van der Waals surface area contributed by atoms with E-state index in [0.29, 0.717) is 18.1 Å². The molecule has 0 bridgehead atoms. The summed E-state index contributed by atoms with van der Waals surface area (Å²) in [5.41, 5.74) is 1.37. The molecule has 2 rings (SSSR count). The van der Waals surface area contributed by atoms with Crippen molar-refractivity contribution in [1.29, 1.82) is 0 Å². The van der Waals surface area contributed by atoms with Gasteiger partial charge in [-0.15, -0.1) is 0 Å². The molecule has 4 heteroatoms. The average molecular weight is 346 g/mol. The number of ether oxygens (including phenoxy) is 2.